The number of aliphatic hydroxyl groups is 1. The van der Waals surface area contributed by atoms with Crippen LogP contribution in [0.4, 0.5) is 4.79 Å². The lowest BCUT2D eigenvalue weighted by atomic mass is 10.1. The van der Waals surface area contributed by atoms with Gasteiger partial charge in [-0.1, -0.05) is 0 Å². The minimum Gasteiger partial charge on any atom is -0.465 e. The number of aromatic nitrogens is 4. The van der Waals surface area contributed by atoms with E-state index in [-0.39, 0.29) is 19.0 Å². The van der Waals surface area contributed by atoms with Crippen molar-refractivity contribution in [1.29, 1.82) is 0 Å². The Morgan fingerprint density at radius 3 is 2.74 bits per heavy atom. The maximum atomic E-state index is 12.9. The van der Waals surface area contributed by atoms with E-state index in [0.717, 1.165) is 39.5 Å². The van der Waals surface area contributed by atoms with Crippen molar-refractivity contribution in [3.8, 4) is 11.5 Å². The van der Waals surface area contributed by atoms with Gasteiger partial charge in [0.2, 0.25) is 0 Å². The van der Waals surface area contributed by atoms with Gasteiger partial charge in [0.05, 0.1) is 35.4 Å². The van der Waals surface area contributed by atoms with Gasteiger partial charge in [-0.15, -0.1) is 0 Å². The van der Waals surface area contributed by atoms with Crippen molar-refractivity contribution in [3.63, 3.8) is 0 Å². The minimum atomic E-state index is -1.11. The van der Waals surface area contributed by atoms with Crippen molar-refractivity contribution in [2.24, 2.45) is 13.0 Å². The van der Waals surface area contributed by atoms with Gasteiger partial charge in [-0.3, -0.25) is 4.79 Å². The average Bonchev–Trinajstić information content (AvgIpc) is 3.37. The van der Waals surface area contributed by atoms with Gasteiger partial charge in [-0.2, -0.15) is 0 Å². The molecule has 2 amide bonds. The Bertz CT molecular complexity index is 1470. The molecule has 35 heavy (non-hydrogen) atoms. The van der Waals surface area contributed by atoms with Gasteiger partial charge in [0, 0.05) is 37.3 Å². The number of fused-ring (bicyclic) bond motifs is 2. The first-order chi connectivity index (χ1) is 16.9. The van der Waals surface area contributed by atoms with Crippen molar-refractivity contribution in [2.75, 3.05) is 13.1 Å². The van der Waals surface area contributed by atoms with Gasteiger partial charge in [-0.05, 0) is 55.2 Å². The van der Waals surface area contributed by atoms with Crippen molar-refractivity contribution < 1.29 is 19.8 Å². The third-order valence-electron chi connectivity index (χ3n) is 7.04. The number of aliphatic hydroxyl groups excluding tert-OH is 1. The van der Waals surface area contributed by atoms with Gasteiger partial charge < -0.3 is 29.6 Å². The van der Waals surface area contributed by atoms with Crippen LogP contribution >= 0.6 is 0 Å². The number of aryl methyl sites for hydroxylation is 1. The molecule has 10 nitrogen and oxygen atoms in total. The zero-order valence-corrected chi connectivity index (χ0v) is 19.3. The molecule has 1 saturated carbocycles. The van der Waals surface area contributed by atoms with Gasteiger partial charge in [0.25, 0.3) is 5.91 Å². The number of imidazole rings is 1. The lowest BCUT2D eigenvalue weighted by Crippen LogP contribution is -2.43. The summed E-state index contributed by atoms with van der Waals surface area (Å²) in [5.74, 6) is 1.10. The number of rotatable bonds is 5. The predicted octanol–water partition coefficient (Wildman–Crippen LogP) is 2.45. The summed E-state index contributed by atoms with van der Waals surface area (Å²) < 4.78 is 4.28. The fraction of sp³-hybridized carbons (Fsp3) is 0.360. The Morgan fingerprint density at radius 2 is 2.00 bits per heavy atom. The summed E-state index contributed by atoms with van der Waals surface area (Å²) in [7, 11) is 1.96. The number of pyridine rings is 1. The summed E-state index contributed by atoms with van der Waals surface area (Å²) in [6.07, 6.45) is 2.21. The van der Waals surface area contributed by atoms with Crippen molar-refractivity contribution in [2.45, 2.75) is 31.5 Å². The van der Waals surface area contributed by atoms with E-state index < -0.39 is 18.2 Å². The quantitative estimate of drug-likeness (QED) is 0.408. The average molecular weight is 475 g/mol. The lowest BCUT2D eigenvalue weighted by molar-refractivity contribution is 0.0888. The maximum absolute atomic E-state index is 12.9. The van der Waals surface area contributed by atoms with E-state index in [1.54, 1.807) is 12.1 Å². The van der Waals surface area contributed by atoms with Crippen LogP contribution in [0, 0.1) is 5.92 Å². The van der Waals surface area contributed by atoms with Crippen molar-refractivity contribution in [3.05, 3.63) is 48.2 Å². The molecule has 1 aliphatic heterocycles. The summed E-state index contributed by atoms with van der Waals surface area (Å²) in [5, 5.41) is 23.1. The minimum absolute atomic E-state index is 0.0212. The van der Waals surface area contributed by atoms with E-state index in [2.05, 4.69) is 27.0 Å². The Kier molecular flexibility index (Phi) is 4.99. The van der Waals surface area contributed by atoms with E-state index in [1.807, 2.05) is 29.9 Å². The number of nitrogens with zero attached hydrogens (tertiary/aromatic N) is 5. The number of amides is 2. The van der Waals surface area contributed by atoms with Crippen LogP contribution in [0.2, 0.25) is 0 Å². The highest BCUT2D eigenvalue weighted by Crippen LogP contribution is 2.35. The Balaban J connectivity index is 1.33. The van der Waals surface area contributed by atoms with Crippen LogP contribution in [0.3, 0.4) is 0 Å². The molecule has 3 aromatic heterocycles. The van der Waals surface area contributed by atoms with Crippen molar-refractivity contribution in [1.82, 2.24) is 29.3 Å². The van der Waals surface area contributed by atoms with Crippen LogP contribution in [0.5, 0.6) is 0 Å². The molecular weight excluding hydrogens is 448 g/mol. The lowest BCUT2D eigenvalue weighted by Gasteiger charge is -2.15. The van der Waals surface area contributed by atoms with E-state index in [0.29, 0.717) is 17.0 Å². The Labute approximate surface area is 200 Å². The molecule has 10 heteroatoms. The first-order valence-electron chi connectivity index (χ1n) is 11.8. The molecular formula is C25H26N6O4. The fourth-order valence-electron chi connectivity index (χ4n) is 4.92. The zero-order chi connectivity index (χ0) is 24.3. The number of likely N-dealkylation sites (tertiary alicyclic amines) is 1. The number of hydrogen-bond acceptors (Lipinski definition) is 5. The van der Waals surface area contributed by atoms with Crippen LogP contribution in [0.25, 0.3) is 33.6 Å². The molecule has 180 valence electrons. The number of hydrogen-bond donors (Lipinski definition) is 3. The topological polar surface area (TPSA) is 126 Å². The predicted molar refractivity (Wildman–Crippen MR) is 129 cm³/mol. The molecule has 2 atom stereocenters. The van der Waals surface area contributed by atoms with Gasteiger partial charge in [0.15, 0.2) is 5.82 Å². The molecule has 0 bridgehead atoms. The second-order valence-electron chi connectivity index (χ2n) is 9.53. The van der Waals surface area contributed by atoms with E-state index in [9.17, 15) is 14.7 Å². The number of carbonyl (C=O) groups excluding carboxylic acids is 1. The summed E-state index contributed by atoms with van der Waals surface area (Å²) in [6, 6.07) is 10.8. The van der Waals surface area contributed by atoms with Crippen LogP contribution in [-0.2, 0) is 13.6 Å². The highest BCUT2D eigenvalue weighted by molar-refractivity contribution is 5.98. The number of β-amino-alcohol motifs (C(OH)–C–C–N with tert-alkyl or cyclic N) is 1. The highest BCUT2D eigenvalue weighted by atomic mass is 16.4. The number of carboxylic acid groups (broad SMARTS) is 1. The van der Waals surface area contributed by atoms with Crippen LogP contribution in [-0.4, -0.2) is 71.5 Å². The largest absolute Gasteiger partial charge is 0.465 e. The third-order valence-corrected chi connectivity index (χ3v) is 7.04. The monoisotopic (exact) mass is 474 g/mol. The van der Waals surface area contributed by atoms with Crippen LogP contribution < -0.4 is 5.32 Å². The molecule has 2 aliphatic rings. The second kappa shape index (κ2) is 8.09. The number of carbonyl (C=O) groups is 2. The molecule has 1 aliphatic carbocycles. The molecule has 3 N–H and O–H groups in total. The van der Waals surface area contributed by atoms with Gasteiger partial charge in [0.1, 0.15) is 5.65 Å². The van der Waals surface area contributed by atoms with E-state index in [1.165, 1.54) is 12.8 Å². The standard InChI is InChI=1S/C25H26N6O4/c1-29-19-7-6-16(24(33)28-18-12-30(25(34)35)13-21(18)32)9-17(19)27-23(29)20-10-15-3-2-8-26-22(15)31(20)11-14-4-5-14/h2-3,6-10,14,18,21,32H,4-5,11-13H2,1H3,(H,28,33)(H,34,35)/t18-,21+/m1/s1. The van der Waals surface area contributed by atoms with Crippen LogP contribution in [0.15, 0.2) is 42.6 Å². The normalized spacial score (nSPS) is 20.1. The molecule has 1 saturated heterocycles. The molecule has 4 heterocycles. The molecule has 0 spiro atoms. The van der Waals surface area contributed by atoms with E-state index >= 15 is 0 Å². The first kappa shape index (κ1) is 21.6. The smallest absolute Gasteiger partial charge is 0.407 e. The second-order valence-corrected chi connectivity index (χ2v) is 9.53. The summed E-state index contributed by atoms with van der Waals surface area (Å²) in [6.45, 7) is 0.939. The number of benzene rings is 1. The summed E-state index contributed by atoms with van der Waals surface area (Å²) in [5.41, 5.74) is 3.93. The molecule has 6 rings (SSSR count). The van der Waals surface area contributed by atoms with Gasteiger partial charge >= 0.3 is 6.09 Å². The maximum Gasteiger partial charge on any atom is 0.407 e. The van der Waals surface area contributed by atoms with Crippen LogP contribution in [0.1, 0.15) is 23.2 Å². The third kappa shape index (κ3) is 3.79. The van der Waals surface area contributed by atoms with Crippen molar-refractivity contribution >= 4 is 34.1 Å². The number of nitrogens with one attached hydrogen (secondary N) is 1. The SMILES string of the molecule is Cn1c(-c2cc3cccnc3n2CC2CC2)nc2cc(C(=O)N[C@@H]3CN(C(=O)O)C[C@@H]3O)ccc21. The molecule has 0 unspecified atom stereocenters. The zero-order valence-electron chi connectivity index (χ0n) is 19.3. The Morgan fingerprint density at radius 1 is 1.17 bits per heavy atom. The molecule has 0 radical (unpaired) electrons. The van der Waals surface area contributed by atoms with E-state index in [4.69, 9.17) is 10.1 Å². The summed E-state index contributed by atoms with van der Waals surface area (Å²) >= 11 is 0. The highest BCUT2D eigenvalue weighted by Gasteiger charge is 2.35. The fourth-order valence-corrected chi connectivity index (χ4v) is 4.92. The molecule has 2 fully saturated rings. The first-order valence-corrected chi connectivity index (χ1v) is 11.8. The summed E-state index contributed by atoms with van der Waals surface area (Å²) in [4.78, 5) is 34.7. The Hall–Kier alpha value is -3.92. The molecule has 4 aromatic rings. The van der Waals surface area contributed by atoms with Gasteiger partial charge in [-0.25, -0.2) is 14.8 Å². The molecule has 1 aromatic carbocycles.